The maximum atomic E-state index is 13.1. The predicted octanol–water partition coefficient (Wildman–Crippen LogP) is 4.33. The molecule has 10 heteroatoms. The number of allylic oxidation sites excluding steroid dienone is 2. The molecule has 5 aliphatic carbocycles. The quantitative estimate of drug-likeness (QED) is 0.165. The van der Waals surface area contributed by atoms with Gasteiger partial charge in [0.05, 0.1) is 16.9 Å². The van der Waals surface area contributed by atoms with E-state index in [0.717, 1.165) is 57.7 Å². The lowest BCUT2D eigenvalue weighted by atomic mass is 9.33. The second-order valence-corrected chi connectivity index (χ2v) is 17.6. The first kappa shape index (κ1) is 34.0. The van der Waals surface area contributed by atoms with Crippen LogP contribution in [0.25, 0.3) is 0 Å². The lowest BCUT2D eigenvalue weighted by Gasteiger charge is -2.71. The van der Waals surface area contributed by atoms with E-state index in [1.807, 2.05) is 6.92 Å². The second kappa shape index (κ2) is 10.8. The molecule has 0 bridgehead atoms. The van der Waals surface area contributed by atoms with Gasteiger partial charge in [0.1, 0.15) is 24.6 Å². The third-order valence-corrected chi connectivity index (χ3v) is 15.1. The van der Waals surface area contributed by atoms with Crippen molar-refractivity contribution in [3.63, 3.8) is 0 Å². The number of carbonyl (C=O) groups is 3. The number of ether oxygens (including phenoxy) is 2. The van der Waals surface area contributed by atoms with Crippen LogP contribution in [0.4, 0.5) is 0 Å². The third kappa shape index (κ3) is 4.49. The zero-order valence-corrected chi connectivity index (χ0v) is 28.2. The summed E-state index contributed by atoms with van der Waals surface area (Å²) >= 11 is 0. The third-order valence-electron chi connectivity index (χ3n) is 15.1. The molecular weight excluding hydrogens is 592 g/mol. The van der Waals surface area contributed by atoms with Crippen molar-refractivity contribution < 1.29 is 49.4 Å². The minimum Gasteiger partial charge on any atom is -0.481 e. The Morgan fingerprint density at radius 3 is 2.17 bits per heavy atom. The van der Waals surface area contributed by atoms with Crippen LogP contribution in [0.2, 0.25) is 0 Å². The number of carboxylic acid groups (broad SMARTS) is 2. The summed E-state index contributed by atoms with van der Waals surface area (Å²) in [7, 11) is 0. The van der Waals surface area contributed by atoms with Gasteiger partial charge in [0.25, 0.3) is 0 Å². The van der Waals surface area contributed by atoms with Crippen LogP contribution in [0.5, 0.6) is 0 Å². The van der Waals surface area contributed by atoms with Crippen LogP contribution in [0, 0.1) is 50.2 Å². The van der Waals surface area contributed by atoms with E-state index in [-0.39, 0.29) is 39.4 Å². The molecule has 1 aliphatic heterocycles. The molecule has 0 aromatic heterocycles. The van der Waals surface area contributed by atoms with Crippen molar-refractivity contribution in [3.05, 3.63) is 11.6 Å². The number of carbonyl (C=O) groups excluding carboxylic acids is 1. The van der Waals surface area contributed by atoms with E-state index < -0.39 is 59.6 Å². The van der Waals surface area contributed by atoms with E-state index in [4.69, 9.17) is 9.47 Å². The summed E-state index contributed by atoms with van der Waals surface area (Å²) in [6.07, 6.45) is 1.84. The van der Waals surface area contributed by atoms with Gasteiger partial charge in [-0.3, -0.25) is 4.79 Å². The van der Waals surface area contributed by atoms with Crippen LogP contribution in [0.1, 0.15) is 106 Å². The van der Waals surface area contributed by atoms with E-state index in [2.05, 4.69) is 40.7 Å². The van der Waals surface area contributed by atoms with Gasteiger partial charge in [-0.15, -0.1) is 0 Å². The minimum absolute atomic E-state index is 0.0191. The molecule has 0 spiro atoms. The zero-order chi connectivity index (χ0) is 33.8. The van der Waals surface area contributed by atoms with Crippen molar-refractivity contribution in [2.75, 3.05) is 0 Å². The van der Waals surface area contributed by atoms with Crippen LogP contribution < -0.4 is 0 Å². The van der Waals surface area contributed by atoms with Crippen LogP contribution in [-0.2, 0) is 23.9 Å². The maximum absolute atomic E-state index is 13.1. The number of aldehydes is 1. The normalized spacial score (nSPS) is 53.0. The van der Waals surface area contributed by atoms with Crippen molar-refractivity contribution in [1.29, 1.82) is 0 Å². The smallest absolute Gasteiger partial charge is 0.335 e. The summed E-state index contributed by atoms with van der Waals surface area (Å²) in [5.74, 6) is -1.92. The van der Waals surface area contributed by atoms with Crippen LogP contribution in [0.3, 0.4) is 0 Å². The van der Waals surface area contributed by atoms with E-state index in [1.165, 1.54) is 5.57 Å². The highest BCUT2D eigenvalue weighted by molar-refractivity contribution is 5.76. The standard InChI is InChI=1S/C36H54O10/c1-31(2)13-15-36(30(43)44)16-14-34(5)19(20(36)17-31)7-8-22-32(3)11-10-23(33(4,18-37)21(32)9-12-35(22,34)6)45-29-26(40)24(38)25(39)27(46-29)28(41)42/h7,18,20-27,29,38-40H,8-17H2,1-6H3,(H,41,42)(H,43,44)/t20?,21-,22-,23?,24+,25+,26-,27+,29-,32+,33+,34-,35-,36+/m1/s1. The molecule has 0 amide bonds. The Hall–Kier alpha value is -1.85. The van der Waals surface area contributed by atoms with E-state index in [0.29, 0.717) is 12.8 Å². The Balaban J connectivity index is 1.31. The topological polar surface area (TPSA) is 171 Å². The van der Waals surface area contributed by atoms with Crippen molar-refractivity contribution in [3.8, 4) is 0 Å². The zero-order valence-electron chi connectivity index (χ0n) is 28.2. The van der Waals surface area contributed by atoms with Gasteiger partial charge in [-0.2, -0.15) is 0 Å². The highest BCUT2D eigenvalue weighted by Gasteiger charge is 2.70. The number of aliphatic hydroxyl groups excluding tert-OH is 3. The molecule has 14 atom stereocenters. The average Bonchev–Trinajstić information content (AvgIpc) is 2.98. The Morgan fingerprint density at radius 1 is 0.870 bits per heavy atom. The van der Waals surface area contributed by atoms with Crippen molar-refractivity contribution in [2.24, 2.45) is 50.2 Å². The number of aliphatic carboxylic acids is 2. The van der Waals surface area contributed by atoms with Crippen molar-refractivity contribution in [2.45, 2.75) is 143 Å². The number of fused-ring (bicyclic) bond motifs is 7. The minimum atomic E-state index is -1.82. The van der Waals surface area contributed by atoms with Gasteiger partial charge in [-0.25, -0.2) is 4.79 Å². The molecule has 6 aliphatic rings. The molecule has 6 rings (SSSR count). The van der Waals surface area contributed by atoms with Gasteiger partial charge in [-0.1, -0.05) is 53.2 Å². The number of aliphatic hydroxyl groups is 3. The molecule has 0 aromatic rings. The molecule has 10 nitrogen and oxygen atoms in total. The molecular formula is C36H54O10. The number of hydrogen-bond acceptors (Lipinski definition) is 8. The largest absolute Gasteiger partial charge is 0.481 e. The van der Waals surface area contributed by atoms with Gasteiger partial charge >= 0.3 is 11.9 Å². The molecule has 1 saturated heterocycles. The van der Waals surface area contributed by atoms with Gasteiger partial charge in [-0.05, 0) is 104 Å². The molecule has 46 heavy (non-hydrogen) atoms. The Labute approximate surface area is 271 Å². The summed E-state index contributed by atoms with van der Waals surface area (Å²) < 4.78 is 11.7. The summed E-state index contributed by atoms with van der Waals surface area (Å²) in [4.78, 5) is 37.7. The van der Waals surface area contributed by atoms with E-state index >= 15 is 0 Å². The number of carboxylic acids is 2. The Bertz CT molecular complexity index is 1310. The SMILES string of the molecule is CC1(C)CC[C@]2(C(=O)O)CC[C@]3(C)C(=CC[C@@H]4[C@@]5(C)CCC(O[C@@H]6O[C@H](C(=O)O)[C@@H](O)[C@H](O)[C@H]6O)[C@@](C)(C=O)[C@@H]5CC[C@]43C)C2C1. The van der Waals surface area contributed by atoms with Crippen molar-refractivity contribution in [1.82, 2.24) is 0 Å². The fourth-order valence-corrected chi connectivity index (χ4v) is 12.0. The van der Waals surface area contributed by atoms with Crippen LogP contribution >= 0.6 is 0 Å². The molecule has 258 valence electrons. The fourth-order valence-electron chi connectivity index (χ4n) is 12.0. The first-order valence-corrected chi connectivity index (χ1v) is 17.3. The Morgan fingerprint density at radius 2 is 1.54 bits per heavy atom. The monoisotopic (exact) mass is 646 g/mol. The van der Waals surface area contributed by atoms with Gasteiger partial charge in [0, 0.05) is 0 Å². The average molecular weight is 647 g/mol. The first-order valence-electron chi connectivity index (χ1n) is 17.3. The lowest BCUT2D eigenvalue weighted by molar-refractivity contribution is -0.321. The fraction of sp³-hybridized carbons (Fsp3) is 0.861. The summed E-state index contributed by atoms with van der Waals surface area (Å²) in [5.41, 5.74) is -0.721. The van der Waals surface area contributed by atoms with Crippen LogP contribution in [-0.4, -0.2) is 80.6 Å². The van der Waals surface area contributed by atoms with Crippen molar-refractivity contribution >= 4 is 18.2 Å². The molecule has 1 heterocycles. The van der Waals surface area contributed by atoms with Gasteiger partial charge in [0.15, 0.2) is 12.4 Å². The Kier molecular flexibility index (Phi) is 8.01. The second-order valence-electron chi connectivity index (χ2n) is 17.6. The van der Waals surface area contributed by atoms with E-state index in [9.17, 15) is 39.9 Å². The van der Waals surface area contributed by atoms with Gasteiger partial charge in [0.2, 0.25) is 0 Å². The predicted molar refractivity (Wildman–Crippen MR) is 166 cm³/mol. The molecule has 5 N–H and O–H groups in total. The molecule has 4 saturated carbocycles. The molecule has 5 fully saturated rings. The van der Waals surface area contributed by atoms with E-state index in [1.54, 1.807) is 0 Å². The number of rotatable bonds is 5. The summed E-state index contributed by atoms with van der Waals surface area (Å²) in [6, 6.07) is 0. The first-order chi connectivity index (χ1) is 21.3. The highest BCUT2D eigenvalue weighted by atomic mass is 16.7. The maximum Gasteiger partial charge on any atom is 0.335 e. The molecule has 0 radical (unpaired) electrons. The summed E-state index contributed by atoms with van der Waals surface area (Å²) in [5, 5.41) is 51.3. The molecule has 0 aromatic carbocycles. The molecule has 2 unspecified atom stereocenters. The summed E-state index contributed by atoms with van der Waals surface area (Å²) in [6.45, 7) is 13.5. The number of hydrogen-bond donors (Lipinski definition) is 5. The van der Waals surface area contributed by atoms with Gasteiger partial charge < -0.3 is 39.8 Å². The lowest BCUT2D eigenvalue weighted by Crippen LogP contribution is -2.67. The highest BCUT2D eigenvalue weighted by Crippen LogP contribution is 2.75. The van der Waals surface area contributed by atoms with Crippen LogP contribution in [0.15, 0.2) is 11.6 Å².